The van der Waals surface area contributed by atoms with Gasteiger partial charge in [-0.15, -0.1) is 10.2 Å². The Morgan fingerprint density at radius 2 is 2.13 bits per heavy atom. The van der Waals surface area contributed by atoms with Crippen LogP contribution in [0.25, 0.3) is 0 Å². The van der Waals surface area contributed by atoms with Gasteiger partial charge in [-0.25, -0.2) is 0 Å². The van der Waals surface area contributed by atoms with E-state index in [2.05, 4.69) is 25.7 Å². The van der Waals surface area contributed by atoms with Gasteiger partial charge in [-0.1, -0.05) is 0 Å². The molecular weight excluding hydrogens is 298 g/mol. The van der Waals surface area contributed by atoms with Gasteiger partial charge >= 0.3 is 0 Å². The summed E-state index contributed by atoms with van der Waals surface area (Å²) >= 11 is 0. The van der Waals surface area contributed by atoms with Crippen LogP contribution in [0.5, 0.6) is 0 Å². The van der Waals surface area contributed by atoms with Gasteiger partial charge in [0.15, 0.2) is 5.69 Å². The van der Waals surface area contributed by atoms with E-state index in [0.717, 1.165) is 45.8 Å². The lowest BCUT2D eigenvalue weighted by Crippen LogP contribution is -2.39. The lowest BCUT2D eigenvalue weighted by molar-refractivity contribution is 0.0398. The molecule has 0 saturated carbocycles. The molecule has 0 bridgehead atoms. The number of nitrogens with zero attached hydrogens (tertiary/aromatic N) is 3. The number of hydrogen-bond acceptors (Lipinski definition) is 7. The third-order valence-corrected chi connectivity index (χ3v) is 3.55. The molecule has 2 heterocycles. The molecule has 1 fully saturated rings. The van der Waals surface area contributed by atoms with E-state index < -0.39 is 0 Å². The maximum Gasteiger partial charge on any atom is 0.271 e. The first-order valence-corrected chi connectivity index (χ1v) is 7.94. The molecule has 1 saturated heterocycles. The van der Waals surface area contributed by atoms with Crippen molar-refractivity contribution in [1.29, 1.82) is 0 Å². The fourth-order valence-electron chi connectivity index (χ4n) is 2.22. The number of carbonyl (C=O) groups excluding carboxylic acids is 1. The standard InChI is InChI=1S/C15H25N5O3/c1-22-10-2-5-17-15(21)13-3-4-14(19-18-13)16-6-7-20-8-11-23-12-9-20/h3-4H,2,5-12H2,1H3,(H,16,19)(H,17,21). The van der Waals surface area contributed by atoms with Crippen molar-refractivity contribution < 1.29 is 14.3 Å². The second-order valence-electron chi connectivity index (χ2n) is 5.29. The Hall–Kier alpha value is -1.77. The third kappa shape index (κ3) is 6.47. The highest BCUT2D eigenvalue weighted by molar-refractivity contribution is 5.92. The van der Waals surface area contributed by atoms with Crippen LogP contribution < -0.4 is 10.6 Å². The SMILES string of the molecule is COCCCNC(=O)c1ccc(NCCN2CCOCC2)nn1. The number of carbonyl (C=O) groups is 1. The Balaban J connectivity index is 1.67. The van der Waals surface area contributed by atoms with Gasteiger partial charge in [-0.3, -0.25) is 9.69 Å². The number of morpholine rings is 1. The van der Waals surface area contributed by atoms with Gasteiger partial charge in [-0.05, 0) is 18.6 Å². The van der Waals surface area contributed by atoms with E-state index in [4.69, 9.17) is 9.47 Å². The van der Waals surface area contributed by atoms with Gasteiger partial charge in [0.2, 0.25) is 0 Å². The number of anilines is 1. The van der Waals surface area contributed by atoms with Crippen molar-refractivity contribution in [2.75, 3.05) is 65.0 Å². The molecule has 1 aliphatic rings. The molecule has 2 rings (SSSR count). The number of aromatic nitrogens is 2. The molecule has 0 radical (unpaired) electrons. The Kier molecular flexibility index (Phi) is 7.71. The summed E-state index contributed by atoms with van der Waals surface area (Å²) in [6, 6.07) is 3.45. The number of nitrogens with one attached hydrogen (secondary N) is 2. The molecule has 2 N–H and O–H groups in total. The highest BCUT2D eigenvalue weighted by atomic mass is 16.5. The molecule has 0 unspecified atom stereocenters. The molecule has 23 heavy (non-hydrogen) atoms. The fourth-order valence-corrected chi connectivity index (χ4v) is 2.22. The first-order chi connectivity index (χ1) is 11.3. The minimum atomic E-state index is -0.214. The van der Waals surface area contributed by atoms with E-state index in [9.17, 15) is 4.79 Å². The molecule has 1 aliphatic heterocycles. The van der Waals surface area contributed by atoms with E-state index >= 15 is 0 Å². The summed E-state index contributed by atoms with van der Waals surface area (Å²) in [5, 5.41) is 14.0. The van der Waals surface area contributed by atoms with Crippen LogP contribution in [-0.4, -0.2) is 80.7 Å². The lowest BCUT2D eigenvalue weighted by Gasteiger charge is -2.26. The molecule has 0 spiro atoms. The lowest BCUT2D eigenvalue weighted by atomic mass is 10.3. The Bertz CT molecular complexity index is 463. The zero-order chi connectivity index (χ0) is 16.3. The quantitative estimate of drug-likeness (QED) is 0.618. The summed E-state index contributed by atoms with van der Waals surface area (Å²) < 4.78 is 10.2. The smallest absolute Gasteiger partial charge is 0.271 e. The molecule has 0 aromatic carbocycles. The number of rotatable bonds is 9. The molecule has 1 amide bonds. The topological polar surface area (TPSA) is 88.6 Å². The van der Waals surface area contributed by atoms with Crippen molar-refractivity contribution in [2.45, 2.75) is 6.42 Å². The minimum Gasteiger partial charge on any atom is -0.385 e. The maximum atomic E-state index is 11.8. The average molecular weight is 323 g/mol. The van der Waals surface area contributed by atoms with Crippen molar-refractivity contribution in [3.05, 3.63) is 17.8 Å². The Morgan fingerprint density at radius 1 is 1.30 bits per heavy atom. The van der Waals surface area contributed by atoms with Gasteiger partial charge in [0.25, 0.3) is 5.91 Å². The van der Waals surface area contributed by atoms with Crippen LogP contribution in [0.15, 0.2) is 12.1 Å². The first-order valence-electron chi connectivity index (χ1n) is 7.94. The van der Waals surface area contributed by atoms with Gasteiger partial charge < -0.3 is 20.1 Å². The monoisotopic (exact) mass is 323 g/mol. The van der Waals surface area contributed by atoms with Crippen molar-refractivity contribution in [2.24, 2.45) is 0 Å². The van der Waals surface area contributed by atoms with Gasteiger partial charge in [-0.2, -0.15) is 0 Å². The van der Waals surface area contributed by atoms with Crippen LogP contribution in [0.1, 0.15) is 16.9 Å². The molecule has 0 atom stereocenters. The predicted octanol–water partition coefficient (Wildman–Crippen LogP) is -0.0130. The molecule has 8 heteroatoms. The minimum absolute atomic E-state index is 0.214. The van der Waals surface area contributed by atoms with Crippen molar-refractivity contribution in [3.63, 3.8) is 0 Å². The molecule has 128 valence electrons. The van der Waals surface area contributed by atoms with Crippen LogP contribution in [0, 0.1) is 0 Å². The molecule has 1 aromatic rings. The van der Waals surface area contributed by atoms with E-state index in [1.165, 1.54) is 0 Å². The van der Waals surface area contributed by atoms with Gasteiger partial charge in [0, 0.05) is 46.4 Å². The van der Waals surface area contributed by atoms with E-state index in [0.29, 0.717) is 24.7 Å². The number of ether oxygens (including phenoxy) is 2. The van der Waals surface area contributed by atoms with E-state index in [1.54, 1.807) is 19.2 Å². The normalized spacial score (nSPS) is 15.3. The second-order valence-corrected chi connectivity index (χ2v) is 5.29. The maximum absolute atomic E-state index is 11.8. The molecule has 8 nitrogen and oxygen atoms in total. The van der Waals surface area contributed by atoms with Crippen molar-refractivity contribution in [3.8, 4) is 0 Å². The summed E-state index contributed by atoms with van der Waals surface area (Å²) in [5.74, 6) is 0.461. The first kappa shape index (κ1) is 17.6. The van der Waals surface area contributed by atoms with Gasteiger partial charge in [0.1, 0.15) is 5.82 Å². The van der Waals surface area contributed by atoms with Crippen LogP contribution in [0.3, 0.4) is 0 Å². The van der Waals surface area contributed by atoms with Crippen LogP contribution >= 0.6 is 0 Å². The highest BCUT2D eigenvalue weighted by Gasteiger charge is 2.10. The summed E-state index contributed by atoms with van der Waals surface area (Å²) in [5.41, 5.74) is 0.321. The highest BCUT2D eigenvalue weighted by Crippen LogP contribution is 2.02. The Labute approximate surface area is 136 Å². The van der Waals surface area contributed by atoms with Crippen LogP contribution in [0.2, 0.25) is 0 Å². The number of hydrogen-bond donors (Lipinski definition) is 2. The third-order valence-electron chi connectivity index (χ3n) is 3.55. The predicted molar refractivity (Wildman–Crippen MR) is 86.6 cm³/mol. The molecular formula is C15H25N5O3. The number of amides is 1. The van der Waals surface area contributed by atoms with Crippen molar-refractivity contribution in [1.82, 2.24) is 20.4 Å². The largest absolute Gasteiger partial charge is 0.385 e. The average Bonchev–Trinajstić information content (AvgIpc) is 2.60. The van der Waals surface area contributed by atoms with Crippen LogP contribution in [-0.2, 0) is 9.47 Å². The summed E-state index contributed by atoms with van der Waals surface area (Å²) in [7, 11) is 1.64. The fraction of sp³-hybridized carbons (Fsp3) is 0.667. The Morgan fingerprint density at radius 3 is 2.83 bits per heavy atom. The summed E-state index contributed by atoms with van der Waals surface area (Å²) in [6.45, 7) is 6.45. The zero-order valence-electron chi connectivity index (χ0n) is 13.6. The zero-order valence-corrected chi connectivity index (χ0v) is 13.6. The molecule has 1 aromatic heterocycles. The van der Waals surface area contributed by atoms with Crippen molar-refractivity contribution >= 4 is 11.7 Å². The summed E-state index contributed by atoms with van der Waals surface area (Å²) in [4.78, 5) is 14.2. The van der Waals surface area contributed by atoms with E-state index in [-0.39, 0.29) is 5.91 Å². The number of methoxy groups -OCH3 is 1. The van der Waals surface area contributed by atoms with Gasteiger partial charge in [0.05, 0.1) is 13.2 Å². The summed E-state index contributed by atoms with van der Waals surface area (Å²) in [6.07, 6.45) is 0.775. The second kappa shape index (κ2) is 10.1. The van der Waals surface area contributed by atoms with E-state index in [1.807, 2.05) is 0 Å². The van der Waals surface area contributed by atoms with Crippen LogP contribution in [0.4, 0.5) is 5.82 Å². The molecule has 0 aliphatic carbocycles.